The Balaban J connectivity index is 2.59. The van der Waals surface area contributed by atoms with Crippen molar-refractivity contribution in [2.75, 3.05) is 45.7 Å². The summed E-state index contributed by atoms with van der Waals surface area (Å²) in [6.45, 7) is 9.78. The second-order valence-corrected chi connectivity index (χ2v) is 6.71. The van der Waals surface area contributed by atoms with E-state index >= 15 is 0 Å². The van der Waals surface area contributed by atoms with Gasteiger partial charge >= 0.3 is 0 Å². The second kappa shape index (κ2) is 8.60. The van der Waals surface area contributed by atoms with Gasteiger partial charge in [-0.25, -0.2) is 4.98 Å². The van der Waals surface area contributed by atoms with Crippen molar-refractivity contribution in [2.45, 2.75) is 39.7 Å². The fraction of sp³-hybridized carbons (Fsp3) is 0.800. The Kier molecular flexibility index (Phi) is 7.48. The highest BCUT2D eigenvalue weighted by Gasteiger charge is 2.15. The van der Waals surface area contributed by atoms with Gasteiger partial charge in [-0.15, -0.1) is 11.3 Å². The zero-order chi connectivity index (χ0) is 15.1. The van der Waals surface area contributed by atoms with E-state index in [9.17, 15) is 0 Å². The molecule has 1 aromatic heterocycles. The Bertz CT molecular complexity index is 389. The molecule has 1 atom stereocenters. The van der Waals surface area contributed by atoms with Crippen LogP contribution in [0.5, 0.6) is 0 Å². The summed E-state index contributed by atoms with van der Waals surface area (Å²) in [7, 11) is 6.38. The number of nitrogens with one attached hydrogen (secondary N) is 1. The van der Waals surface area contributed by atoms with Crippen molar-refractivity contribution in [3.8, 4) is 0 Å². The van der Waals surface area contributed by atoms with Crippen molar-refractivity contribution in [3.63, 3.8) is 0 Å². The number of aryl methyl sites for hydroxylation is 1. The van der Waals surface area contributed by atoms with Crippen LogP contribution in [0.3, 0.4) is 0 Å². The van der Waals surface area contributed by atoms with E-state index in [1.807, 2.05) is 11.3 Å². The molecule has 1 unspecified atom stereocenters. The van der Waals surface area contributed by atoms with E-state index < -0.39 is 0 Å². The standard InChI is InChI=1S/C15H30N4S/c1-7-9-16-12(2)14-13(3)17-15(20-14)19(6)11-8-10-18(4)5/h12,16H,7-11H2,1-6H3. The van der Waals surface area contributed by atoms with Crippen LogP contribution in [0, 0.1) is 6.92 Å². The number of nitrogens with zero attached hydrogens (tertiary/aromatic N) is 3. The Morgan fingerprint density at radius 3 is 2.55 bits per heavy atom. The van der Waals surface area contributed by atoms with Crippen molar-refractivity contribution in [3.05, 3.63) is 10.6 Å². The molecule has 0 aromatic carbocycles. The molecule has 20 heavy (non-hydrogen) atoms. The molecule has 0 radical (unpaired) electrons. The predicted molar refractivity (Wildman–Crippen MR) is 90.0 cm³/mol. The number of thiazole rings is 1. The molecule has 5 heteroatoms. The van der Waals surface area contributed by atoms with Gasteiger partial charge in [-0.3, -0.25) is 0 Å². The van der Waals surface area contributed by atoms with Crippen LogP contribution in [0.15, 0.2) is 0 Å². The van der Waals surface area contributed by atoms with Gasteiger partial charge in [0, 0.05) is 24.5 Å². The lowest BCUT2D eigenvalue weighted by atomic mass is 10.2. The molecule has 0 saturated heterocycles. The summed E-state index contributed by atoms with van der Waals surface area (Å²) in [4.78, 5) is 10.6. The maximum atomic E-state index is 4.73. The molecule has 0 aliphatic heterocycles. The quantitative estimate of drug-likeness (QED) is 0.759. The third kappa shape index (κ3) is 5.38. The van der Waals surface area contributed by atoms with E-state index in [0.717, 1.165) is 24.8 Å². The van der Waals surface area contributed by atoms with Crippen LogP contribution in [0.4, 0.5) is 5.13 Å². The molecule has 1 aromatic rings. The van der Waals surface area contributed by atoms with Gasteiger partial charge in [-0.05, 0) is 53.9 Å². The van der Waals surface area contributed by atoms with Crippen LogP contribution in [-0.4, -0.2) is 50.7 Å². The SMILES string of the molecule is CCCNC(C)c1sc(N(C)CCCN(C)C)nc1C. The first-order chi connectivity index (χ1) is 9.45. The molecular formula is C15H30N4S. The first-order valence-electron chi connectivity index (χ1n) is 7.52. The molecule has 0 spiro atoms. The number of hydrogen-bond acceptors (Lipinski definition) is 5. The molecule has 1 N–H and O–H groups in total. The number of anilines is 1. The van der Waals surface area contributed by atoms with Crippen LogP contribution in [0.2, 0.25) is 0 Å². The lowest BCUT2D eigenvalue weighted by molar-refractivity contribution is 0.401. The molecule has 4 nitrogen and oxygen atoms in total. The van der Waals surface area contributed by atoms with Gasteiger partial charge in [0.2, 0.25) is 0 Å². The highest BCUT2D eigenvalue weighted by molar-refractivity contribution is 7.15. The van der Waals surface area contributed by atoms with Crippen LogP contribution >= 0.6 is 11.3 Å². The van der Waals surface area contributed by atoms with Crippen molar-refractivity contribution in [1.82, 2.24) is 15.2 Å². The lowest BCUT2D eigenvalue weighted by Crippen LogP contribution is -2.23. The Labute approximate surface area is 128 Å². The second-order valence-electron chi connectivity index (χ2n) is 5.70. The van der Waals surface area contributed by atoms with Crippen LogP contribution in [-0.2, 0) is 0 Å². The highest BCUT2D eigenvalue weighted by atomic mass is 32.1. The zero-order valence-corrected chi connectivity index (χ0v) is 14.7. The summed E-state index contributed by atoms with van der Waals surface area (Å²) in [5, 5.41) is 4.69. The maximum absolute atomic E-state index is 4.73. The van der Waals surface area contributed by atoms with Gasteiger partial charge in [0.05, 0.1) is 5.69 Å². The molecule has 0 saturated carbocycles. The minimum atomic E-state index is 0.399. The monoisotopic (exact) mass is 298 g/mol. The van der Waals surface area contributed by atoms with E-state index in [-0.39, 0.29) is 0 Å². The van der Waals surface area contributed by atoms with Crippen LogP contribution in [0.1, 0.15) is 43.3 Å². The number of aromatic nitrogens is 1. The fourth-order valence-electron chi connectivity index (χ4n) is 2.13. The van der Waals surface area contributed by atoms with Gasteiger partial charge in [-0.1, -0.05) is 6.92 Å². The first-order valence-corrected chi connectivity index (χ1v) is 8.34. The topological polar surface area (TPSA) is 31.4 Å². The summed E-state index contributed by atoms with van der Waals surface area (Å²) in [6.07, 6.45) is 2.33. The van der Waals surface area contributed by atoms with Crippen molar-refractivity contribution < 1.29 is 0 Å². The molecule has 1 rings (SSSR count). The summed E-state index contributed by atoms with van der Waals surface area (Å²) in [5.41, 5.74) is 1.17. The van der Waals surface area contributed by atoms with Crippen molar-refractivity contribution >= 4 is 16.5 Å². The fourth-order valence-corrected chi connectivity index (χ4v) is 3.21. The van der Waals surface area contributed by atoms with Gasteiger partial charge in [-0.2, -0.15) is 0 Å². The zero-order valence-electron chi connectivity index (χ0n) is 13.9. The first kappa shape index (κ1) is 17.4. The average Bonchev–Trinajstić information content (AvgIpc) is 2.77. The Morgan fingerprint density at radius 1 is 1.25 bits per heavy atom. The summed E-state index contributed by atoms with van der Waals surface area (Å²) >= 11 is 1.82. The molecule has 116 valence electrons. The minimum Gasteiger partial charge on any atom is -0.351 e. The van der Waals surface area contributed by atoms with Crippen molar-refractivity contribution in [2.24, 2.45) is 0 Å². The highest BCUT2D eigenvalue weighted by Crippen LogP contribution is 2.30. The molecule has 1 heterocycles. The Morgan fingerprint density at radius 2 is 1.95 bits per heavy atom. The smallest absolute Gasteiger partial charge is 0.185 e. The summed E-state index contributed by atoms with van der Waals surface area (Å²) < 4.78 is 0. The van der Waals surface area contributed by atoms with Gasteiger partial charge in [0.15, 0.2) is 5.13 Å². The maximum Gasteiger partial charge on any atom is 0.185 e. The largest absolute Gasteiger partial charge is 0.351 e. The predicted octanol–water partition coefficient (Wildman–Crippen LogP) is 2.90. The van der Waals surface area contributed by atoms with E-state index in [4.69, 9.17) is 4.98 Å². The lowest BCUT2D eigenvalue weighted by Gasteiger charge is -2.17. The normalized spacial score (nSPS) is 12.9. The van der Waals surface area contributed by atoms with E-state index in [1.54, 1.807) is 0 Å². The molecule has 0 aliphatic rings. The van der Waals surface area contributed by atoms with Gasteiger partial charge in [0.25, 0.3) is 0 Å². The van der Waals surface area contributed by atoms with E-state index in [1.165, 1.54) is 23.4 Å². The van der Waals surface area contributed by atoms with Gasteiger partial charge in [0.1, 0.15) is 0 Å². The molecule has 0 fully saturated rings. The van der Waals surface area contributed by atoms with E-state index in [0.29, 0.717) is 6.04 Å². The number of rotatable bonds is 9. The van der Waals surface area contributed by atoms with E-state index in [2.05, 4.69) is 57.0 Å². The minimum absolute atomic E-state index is 0.399. The van der Waals surface area contributed by atoms with Gasteiger partial charge < -0.3 is 15.1 Å². The third-order valence-electron chi connectivity index (χ3n) is 3.34. The molecule has 0 aliphatic carbocycles. The van der Waals surface area contributed by atoms with Crippen LogP contribution in [0.25, 0.3) is 0 Å². The number of hydrogen-bond donors (Lipinski definition) is 1. The average molecular weight is 298 g/mol. The van der Waals surface area contributed by atoms with Crippen molar-refractivity contribution in [1.29, 1.82) is 0 Å². The molecular weight excluding hydrogens is 268 g/mol. The molecule has 0 amide bonds. The molecule has 0 bridgehead atoms. The summed E-state index contributed by atoms with van der Waals surface area (Å²) in [6, 6.07) is 0.399. The van der Waals surface area contributed by atoms with Crippen LogP contribution < -0.4 is 10.2 Å². The third-order valence-corrected chi connectivity index (χ3v) is 4.79. The Hall–Kier alpha value is -0.650. The summed E-state index contributed by atoms with van der Waals surface area (Å²) in [5.74, 6) is 0.